The fraction of sp³-hybridized carbons (Fsp3) is 0.192. The Kier molecular flexibility index (Phi) is 6.23. The highest BCUT2D eigenvalue weighted by molar-refractivity contribution is 6.51. The number of aromatic nitrogens is 1. The van der Waals surface area contributed by atoms with Gasteiger partial charge in [0.15, 0.2) is 5.82 Å². The van der Waals surface area contributed by atoms with E-state index in [1.54, 1.807) is 68.6 Å². The van der Waals surface area contributed by atoms with Crippen LogP contribution >= 0.6 is 0 Å². The fourth-order valence-electron chi connectivity index (χ4n) is 3.93. The fourth-order valence-corrected chi connectivity index (χ4v) is 3.93. The molecule has 0 bridgehead atoms. The molecule has 1 aliphatic heterocycles. The first kappa shape index (κ1) is 22.8. The highest BCUT2D eigenvalue weighted by atomic mass is 16.5. The van der Waals surface area contributed by atoms with Crippen molar-refractivity contribution in [2.45, 2.75) is 19.9 Å². The van der Waals surface area contributed by atoms with E-state index in [9.17, 15) is 14.7 Å². The maximum absolute atomic E-state index is 13.2. The van der Waals surface area contributed by atoms with Crippen LogP contribution in [0.4, 0.5) is 5.82 Å². The van der Waals surface area contributed by atoms with Crippen molar-refractivity contribution in [1.29, 1.82) is 0 Å². The first-order chi connectivity index (χ1) is 16.3. The molecule has 1 aromatic heterocycles. The molecular formula is C26H24N2O6. The number of methoxy groups -OCH3 is 1. The lowest BCUT2D eigenvalue weighted by Gasteiger charge is -2.23. The van der Waals surface area contributed by atoms with E-state index in [0.717, 1.165) is 5.56 Å². The van der Waals surface area contributed by atoms with Crippen LogP contribution in [0.15, 0.2) is 71.3 Å². The number of ketones is 1. The van der Waals surface area contributed by atoms with E-state index in [1.165, 1.54) is 4.90 Å². The van der Waals surface area contributed by atoms with E-state index in [-0.39, 0.29) is 17.2 Å². The van der Waals surface area contributed by atoms with E-state index in [2.05, 4.69) is 11.7 Å². The van der Waals surface area contributed by atoms with Gasteiger partial charge in [-0.2, -0.15) is 0 Å². The Balaban J connectivity index is 1.87. The molecule has 0 spiro atoms. The number of Topliss-reactive ketones (excluding diaryl/α,β-unsaturated/α-hetero) is 1. The quantitative estimate of drug-likeness (QED) is 0.240. The van der Waals surface area contributed by atoms with Crippen molar-refractivity contribution in [3.05, 3.63) is 89.2 Å². The number of aliphatic hydroxyl groups excluding tert-OH is 1. The lowest BCUT2D eigenvalue weighted by molar-refractivity contribution is -0.132. The van der Waals surface area contributed by atoms with Crippen molar-refractivity contribution in [1.82, 2.24) is 5.16 Å². The Bertz CT molecular complexity index is 1290. The summed E-state index contributed by atoms with van der Waals surface area (Å²) >= 11 is 0. The minimum Gasteiger partial charge on any atom is -0.507 e. The summed E-state index contributed by atoms with van der Waals surface area (Å²) in [5.74, 6) is -0.00831. The van der Waals surface area contributed by atoms with Crippen molar-refractivity contribution in [3.8, 4) is 11.5 Å². The zero-order chi connectivity index (χ0) is 24.4. The molecule has 3 aromatic rings. The van der Waals surface area contributed by atoms with Crippen molar-refractivity contribution in [3.63, 3.8) is 0 Å². The number of carbonyl (C=O) groups excluding carboxylic acids is 2. The van der Waals surface area contributed by atoms with Crippen LogP contribution in [-0.4, -0.2) is 35.7 Å². The molecule has 2 aromatic carbocycles. The summed E-state index contributed by atoms with van der Waals surface area (Å²) in [7, 11) is 1.55. The molecule has 34 heavy (non-hydrogen) atoms. The van der Waals surface area contributed by atoms with E-state index in [4.69, 9.17) is 14.0 Å². The van der Waals surface area contributed by atoms with Crippen LogP contribution in [0, 0.1) is 13.8 Å². The van der Waals surface area contributed by atoms with Crippen molar-refractivity contribution in [2.24, 2.45) is 0 Å². The van der Waals surface area contributed by atoms with Gasteiger partial charge in [0.25, 0.3) is 5.78 Å². The van der Waals surface area contributed by atoms with Gasteiger partial charge in [0, 0.05) is 11.6 Å². The van der Waals surface area contributed by atoms with Gasteiger partial charge in [0.05, 0.1) is 18.7 Å². The number of hydrogen-bond acceptors (Lipinski definition) is 7. The van der Waals surface area contributed by atoms with Crippen LogP contribution in [0.2, 0.25) is 0 Å². The van der Waals surface area contributed by atoms with Crippen molar-refractivity contribution >= 4 is 23.3 Å². The molecule has 4 rings (SSSR count). The second-order valence-corrected chi connectivity index (χ2v) is 7.82. The first-order valence-electron chi connectivity index (χ1n) is 10.6. The molecule has 8 heteroatoms. The molecule has 1 N–H and O–H groups in total. The molecule has 1 fully saturated rings. The number of ether oxygens (including phenoxy) is 2. The number of hydrogen-bond donors (Lipinski definition) is 1. The Morgan fingerprint density at radius 1 is 1.18 bits per heavy atom. The summed E-state index contributed by atoms with van der Waals surface area (Å²) in [6, 6.07) is 12.6. The topological polar surface area (TPSA) is 102 Å². The third-order valence-corrected chi connectivity index (χ3v) is 5.54. The van der Waals surface area contributed by atoms with Crippen molar-refractivity contribution in [2.75, 3.05) is 18.6 Å². The van der Waals surface area contributed by atoms with Gasteiger partial charge in [0.2, 0.25) is 0 Å². The second kappa shape index (κ2) is 9.27. The van der Waals surface area contributed by atoms with Crippen LogP contribution in [0.5, 0.6) is 11.5 Å². The molecule has 174 valence electrons. The molecule has 0 unspecified atom stereocenters. The minimum absolute atomic E-state index is 0.0463. The molecule has 0 radical (unpaired) electrons. The van der Waals surface area contributed by atoms with Crippen LogP contribution in [0.25, 0.3) is 5.76 Å². The van der Waals surface area contributed by atoms with Crippen LogP contribution < -0.4 is 14.4 Å². The number of aliphatic hydroxyl groups is 1. The summed E-state index contributed by atoms with van der Waals surface area (Å²) in [6.07, 6.45) is 1.63. The molecule has 0 aliphatic carbocycles. The van der Waals surface area contributed by atoms with Gasteiger partial charge in [-0.3, -0.25) is 14.5 Å². The molecule has 2 heterocycles. The zero-order valence-corrected chi connectivity index (χ0v) is 19.1. The monoisotopic (exact) mass is 460 g/mol. The van der Waals surface area contributed by atoms with Gasteiger partial charge >= 0.3 is 5.91 Å². The highest BCUT2D eigenvalue weighted by Gasteiger charge is 2.48. The van der Waals surface area contributed by atoms with Crippen molar-refractivity contribution < 1.29 is 28.7 Å². The van der Waals surface area contributed by atoms with Gasteiger partial charge in [0.1, 0.15) is 29.6 Å². The third-order valence-electron chi connectivity index (χ3n) is 5.54. The lowest BCUT2D eigenvalue weighted by Crippen LogP contribution is -2.29. The molecule has 1 amide bonds. The van der Waals surface area contributed by atoms with Gasteiger partial charge in [-0.25, -0.2) is 0 Å². The molecule has 8 nitrogen and oxygen atoms in total. The van der Waals surface area contributed by atoms with E-state index < -0.39 is 17.7 Å². The van der Waals surface area contributed by atoms with E-state index >= 15 is 0 Å². The number of carbonyl (C=O) groups is 2. The van der Waals surface area contributed by atoms with Gasteiger partial charge < -0.3 is 19.1 Å². The summed E-state index contributed by atoms with van der Waals surface area (Å²) in [5.41, 5.74) is 1.71. The van der Waals surface area contributed by atoms with Crippen LogP contribution in [-0.2, 0) is 9.59 Å². The van der Waals surface area contributed by atoms with Gasteiger partial charge in [-0.1, -0.05) is 29.9 Å². The smallest absolute Gasteiger partial charge is 0.301 e. The standard InChI is InChI=1S/C26H24N2O6/c1-5-12-33-19-9-6-17(7-10-19)23-22(24(29)18-8-11-20(32-4)15(2)13-18)25(30)26(31)28(23)21-14-16(3)34-27-21/h5-11,13-14,23,29H,1,12H2,2-4H3/b24-22+/t23-/m0/s1. The number of rotatable bonds is 7. The summed E-state index contributed by atoms with van der Waals surface area (Å²) in [4.78, 5) is 27.5. The van der Waals surface area contributed by atoms with Crippen LogP contribution in [0.3, 0.4) is 0 Å². The summed E-state index contributed by atoms with van der Waals surface area (Å²) in [5, 5.41) is 15.2. The molecule has 1 atom stereocenters. The Morgan fingerprint density at radius 3 is 2.50 bits per heavy atom. The maximum atomic E-state index is 13.2. The summed E-state index contributed by atoms with van der Waals surface area (Å²) in [6.45, 7) is 7.48. The number of nitrogens with zero attached hydrogens (tertiary/aromatic N) is 2. The predicted molar refractivity (Wildman–Crippen MR) is 126 cm³/mol. The molecule has 1 saturated heterocycles. The van der Waals surface area contributed by atoms with Gasteiger partial charge in [-0.05, 0) is 55.3 Å². The van der Waals surface area contributed by atoms with E-state index in [0.29, 0.717) is 35.0 Å². The number of aryl methyl sites for hydroxylation is 2. The number of benzene rings is 2. The maximum Gasteiger partial charge on any atom is 0.301 e. The average molecular weight is 460 g/mol. The Labute approximate surface area is 196 Å². The second-order valence-electron chi connectivity index (χ2n) is 7.82. The Morgan fingerprint density at radius 2 is 1.91 bits per heavy atom. The first-order valence-corrected chi connectivity index (χ1v) is 10.6. The van der Waals surface area contributed by atoms with E-state index in [1.807, 2.05) is 6.92 Å². The normalized spacial score (nSPS) is 17.1. The predicted octanol–water partition coefficient (Wildman–Crippen LogP) is 4.49. The van der Waals surface area contributed by atoms with Gasteiger partial charge in [-0.15, -0.1) is 0 Å². The average Bonchev–Trinajstić information content (AvgIpc) is 3.38. The zero-order valence-electron chi connectivity index (χ0n) is 19.1. The molecule has 0 saturated carbocycles. The highest BCUT2D eigenvalue weighted by Crippen LogP contribution is 2.42. The lowest BCUT2D eigenvalue weighted by atomic mass is 9.94. The SMILES string of the molecule is C=CCOc1ccc([C@H]2/C(=C(\O)c3ccc(OC)c(C)c3)C(=O)C(=O)N2c2cc(C)on2)cc1. The molecular weight excluding hydrogens is 436 g/mol. The summed E-state index contributed by atoms with van der Waals surface area (Å²) < 4.78 is 16.0. The largest absolute Gasteiger partial charge is 0.507 e. The Hall–Kier alpha value is -4.33. The number of anilines is 1. The number of amides is 1. The minimum atomic E-state index is -0.916. The molecule has 1 aliphatic rings. The third kappa shape index (κ3) is 4.05. The van der Waals surface area contributed by atoms with Crippen LogP contribution in [0.1, 0.15) is 28.5 Å².